The molecule has 0 radical (unpaired) electrons. The predicted octanol–water partition coefficient (Wildman–Crippen LogP) is 1.27. The molecule has 2 aliphatic rings. The lowest BCUT2D eigenvalue weighted by Gasteiger charge is -2.17. The molecule has 0 aromatic heterocycles. The average Bonchev–Trinajstić information content (AvgIpc) is 2.80. The van der Waals surface area contributed by atoms with E-state index in [-0.39, 0.29) is 70.6 Å². The van der Waals surface area contributed by atoms with Crippen molar-refractivity contribution in [2.24, 2.45) is 11.8 Å². The highest BCUT2D eigenvalue weighted by atomic mass is 16.2. The van der Waals surface area contributed by atoms with Crippen LogP contribution >= 0.6 is 0 Å². The normalized spacial score (nSPS) is 23.1. The lowest BCUT2D eigenvalue weighted by atomic mass is 10.1. The van der Waals surface area contributed by atoms with Crippen molar-refractivity contribution in [2.75, 3.05) is 26.2 Å². The van der Waals surface area contributed by atoms with Crippen molar-refractivity contribution >= 4 is 23.6 Å². The number of amides is 4. The molecule has 0 saturated carbocycles. The van der Waals surface area contributed by atoms with Crippen LogP contribution in [0.25, 0.3) is 0 Å². The molecule has 1 N–H and O–H groups in total. The second kappa shape index (κ2) is 10.2. The van der Waals surface area contributed by atoms with Gasteiger partial charge in [-0.15, -0.1) is 0 Å². The third kappa shape index (κ3) is 5.12. The van der Waals surface area contributed by atoms with Crippen LogP contribution in [-0.4, -0.2) is 59.6 Å². The summed E-state index contributed by atoms with van der Waals surface area (Å²) >= 11 is 0. The lowest BCUT2D eigenvalue weighted by molar-refractivity contribution is -0.140. The lowest BCUT2D eigenvalue weighted by Crippen LogP contribution is -2.40. The summed E-state index contributed by atoms with van der Waals surface area (Å²) < 4.78 is 0. The summed E-state index contributed by atoms with van der Waals surface area (Å²) in [5.74, 6) is -0.959. The molecule has 0 aliphatic carbocycles. The highest BCUT2D eigenvalue weighted by molar-refractivity contribution is 6.03. The van der Waals surface area contributed by atoms with E-state index in [0.717, 1.165) is 0 Å². The molecule has 140 valence electrons. The van der Waals surface area contributed by atoms with Gasteiger partial charge >= 0.3 is 0 Å². The Morgan fingerprint density at radius 3 is 1.38 bits per heavy atom. The van der Waals surface area contributed by atoms with Crippen molar-refractivity contribution in [1.29, 1.82) is 0 Å². The van der Waals surface area contributed by atoms with E-state index in [1.54, 1.807) is 13.8 Å². The Bertz CT molecular complexity index is 436. The third-order valence-electron chi connectivity index (χ3n) is 3.96. The van der Waals surface area contributed by atoms with Gasteiger partial charge in [-0.1, -0.05) is 36.1 Å². The molecule has 2 fully saturated rings. The number of likely N-dealkylation sites (tertiary alicyclic amines) is 2. The van der Waals surface area contributed by atoms with Crippen molar-refractivity contribution in [3.05, 3.63) is 0 Å². The smallest absolute Gasteiger partial charge is 0.232 e. The maximum atomic E-state index is 11.7. The molecule has 2 saturated heterocycles. The fraction of sp³-hybridized carbons (Fsp3) is 0.765. The first-order valence-corrected chi connectivity index (χ1v) is 7.31. The van der Waals surface area contributed by atoms with E-state index >= 15 is 0 Å². The van der Waals surface area contributed by atoms with Crippen LogP contribution in [0.3, 0.4) is 0 Å². The highest BCUT2D eigenvalue weighted by Crippen LogP contribution is 2.18. The van der Waals surface area contributed by atoms with E-state index in [9.17, 15) is 19.2 Å². The van der Waals surface area contributed by atoms with Gasteiger partial charge in [0, 0.05) is 50.9 Å². The average molecular weight is 343 g/mol. The van der Waals surface area contributed by atoms with Gasteiger partial charge in [-0.3, -0.25) is 29.0 Å². The minimum atomic E-state index is -0.223. The second-order valence-corrected chi connectivity index (χ2v) is 5.73. The molecule has 2 atom stereocenters. The van der Waals surface area contributed by atoms with Crippen LogP contribution in [-0.2, 0) is 19.2 Å². The zero-order valence-electron chi connectivity index (χ0n) is 12.4. The molecule has 24 heavy (non-hydrogen) atoms. The molecule has 0 bridgehead atoms. The van der Waals surface area contributed by atoms with Gasteiger partial charge in [0.15, 0.2) is 0 Å². The zero-order valence-corrected chi connectivity index (χ0v) is 12.4. The van der Waals surface area contributed by atoms with Gasteiger partial charge in [0.2, 0.25) is 23.6 Å². The zero-order chi connectivity index (χ0) is 15.6. The van der Waals surface area contributed by atoms with Crippen molar-refractivity contribution in [1.82, 2.24) is 15.1 Å². The number of nitrogens with one attached hydrogen (secondary N) is 1. The number of imide groups is 2. The fourth-order valence-electron chi connectivity index (χ4n) is 2.67. The van der Waals surface area contributed by atoms with Gasteiger partial charge in [-0.25, -0.2) is 0 Å². The molecule has 7 nitrogen and oxygen atoms in total. The van der Waals surface area contributed by atoms with Crippen molar-refractivity contribution in [3.63, 3.8) is 0 Å². The molecule has 2 heterocycles. The number of carbonyl (C=O) groups excluding carboxylic acids is 4. The SMILES string of the molecule is C.C.C.CC1CC(=O)N(CCNCCN2C(=O)CC(C)C2=O)C1=O. The van der Waals surface area contributed by atoms with Crippen molar-refractivity contribution in [2.45, 2.75) is 49.0 Å². The Morgan fingerprint density at radius 2 is 1.12 bits per heavy atom. The number of nitrogens with zero attached hydrogens (tertiary/aromatic N) is 2. The summed E-state index contributed by atoms with van der Waals surface area (Å²) in [5, 5.41) is 3.06. The van der Waals surface area contributed by atoms with Crippen LogP contribution in [0.15, 0.2) is 0 Å². The first-order valence-electron chi connectivity index (χ1n) is 7.31. The molecule has 0 aromatic carbocycles. The van der Waals surface area contributed by atoms with Gasteiger partial charge < -0.3 is 5.32 Å². The molecule has 2 aliphatic heterocycles. The molecule has 2 rings (SSSR count). The Kier molecular flexibility index (Phi) is 10.4. The Hall–Kier alpha value is -1.76. The van der Waals surface area contributed by atoms with Crippen LogP contribution in [0.4, 0.5) is 0 Å². The van der Waals surface area contributed by atoms with E-state index in [0.29, 0.717) is 26.2 Å². The number of hydrogen-bond acceptors (Lipinski definition) is 5. The van der Waals surface area contributed by atoms with E-state index in [2.05, 4.69) is 5.32 Å². The topological polar surface area (TPSA) is 86.8 Å². The summed E-state index contributed by atoms with van der Waals surface area (Å²) in [5.41, 5.74) is 0. The summed E-state index contributed by atoms with van der Waals surface area (Å²) in [6.07, 6.45) is 0.570. The quantitative estimate of drug-likeness (QED) is 0.580. The van der Waals surface area contributed by atoms with E-state index < -0.39 is 0 Å². The van der Waals surface area contributed by atoms with Gasteiger partial charge in [0.25, 0.3) is 0 Å². The molecule has 4 amide bonds. The van der Waals surface area contributed by atoms with E-state index in [1.807, 2.05) is 0 Å². The fourth-order valence-corrected chi connectivity index (χ4v) is 2.67. The van der Waals surface area contributed by atoms with Crippen LogP contribution in [0.1, 0.15) is 49.0 Å². The Morgan fingerprint density at radius 1 is 0.792 bits per heavy atom. The van der Waals surface area contributed by atoms with Crippen LogP contribution < -0.4 is 5.32 Å². The first-order chi connectivity index (χ1) is 9.91. The van der Waals surface area contributed by atoms with Gasteiger partial charge in [0.05, 0.1) is 0 Å². The summed E-state index contributed by atoms with van der Waals surface area (Å²) in [7, 11) is 0. The minimum absolute atomic E-state index is 0. The standard InChI is InChI=1S/C14H21N3O4.3CH4/c1-9-7-11(18)16(13(9)20)5-3-15-4-6-17-12(19)8-10(2)14(17)21;;;/h9-10,15H,3-8H2,1-2H3;3*1H4. The minimum Gasteiger partial charge on any atom is -0.313 e. The second-order valence-electron chi connectivity index (χ2n) is 5.73. The molecular weight excluding hydrogens is 310 g/mol. The van der Waals surface area contributed by atoms with Gasteiger partial charge in [0.1, 0.15) is 0 Å². The van der Waals surface area contributed by atoms with E-state index in [1.165, 1.54) is 9.80 Å². The third-order valence-corrected chi connectivity index (χ3v) is 3.96. The summed E-state index contributed by atoms with van der Waals surface area (Å²) in [6, 6.07) is 0. The first kappa shape index (κ1) is 24.5. The van der Waals surface area contributed by atoms with Crippen LogP contribution in [0.2, 0.25) is 0 Å². The molecule has 7 heteroatoms. The Balaban J connectivity index is 0. The molecular formula is C17H33N3O4. The maximum absolute atomic E-state index is 11.7. The highest BCUT2D eigenvalue weighted by Gasteiger charge is 2.36. The summed E-state index contributed by atoms with van der Waals surface area (Å²) in [4.78, 5) is 49.1. The predicted molar refractivity (Wildman–Crippen MR) is 94.1 cm³/mol. The van der Waals surface area contributed by atoms with Crippen molar-refractivity contribution < 1.29 is 19.2 Å². The number of rotatable bonds is 6. The largest absolute Gasteiger partial charge is 0.313 e. The molecule has 2 unspecified atom stereocenters. The maximum Gasteiger partial charge on any atom is 0.232 e. The number of carbonyl (C=O) groups is 4. The Labute approximate surface area is 145 Å². The van der Waals surface area contributed by atoms with Crippen LogP contribution in [0.5, 0.6) is 0 Å². The van der Waals surface area contributed by atoms with Crippen molar-refractivity contribution in [3.8, 4) is 0 Å². The molecule has 0 aromatic rings. The monoisotopic (exact) mass is 343 g/mol. The molecule has 0 spiro atoms. The van der Waals surface area contributed by atoms with Gasteiger partial charge in [-0.2, -0.15) is 0 Å². The van der Waals surface area contributed by atoms with Gasteiger partial charge in [-0.05, 0) is 0 Å². The number of hydrogen-bond donors (Lipinski definition) is 1. The van der Waals surface area contributed by atoms with Crippen LogP contribution in [0, 0.1) is 11.8 Å². The van der Waals surface area contributed by atoms with E-state index in [4.69, 9.17) is 0 Å². The summed E-state index contributed by atoms with van der Waals surface area (Å²) in [6.45, 7) is 5.10.